The number of hydrogen-bond donors (Lipinski definition) is 1. The number of H-pyrrole nitrogens is 1. The van der Waals surface area contributed by atoms with E-state index in [0.29, 0.717) is 39.3 Å². The summed E-state index contributed by atoms with van der Waals surface area (Å²) in [5, 5.41) is 9.52. The number of morpholine rings is 1. The lowest BCUT2D eigenvalue weighted by molar-refractivity contribution is -0.135. The van der Waals surface area contributed by atoms with E-state index in [4.69, 9.17) is 9.47 Å². The third-order valence-electron chi connectivity index (χ3n) is 6.05. The van der Waals surface area contributed by atoms with E-state index in [-0.39, 0.29) is 5.91 Å². The van der Waals surface area contributed by atoms with Crippen LogP contribution in [0, 0.1) is 0 Å². The van der Waals surface area contributed by atoms with Gasteiger partial charge in [0.1, 0.15) is 12.4 Å². The zero-order chi connectivity index (χ0) is 21.8. The third-order valence-corrected chi connectivity index (χ3v) is 6.94. The van der Waals surface area contributed by atoms with Crippen LogP contribution in [0.1, 0.15) is 23.1 Å². The van der Waals surface area contributed by atoms with Crippen LogP contribution in [0.25, 0.3) is 10.6 Å². The topological polar surface area (TPSA) is 70.7 Å². The second-order valence-electron chi connectivity index (χ2n) is 8.24. The summed E-state index contributed by atoms with van der Waals surface area (Å²) in [4.78, 5) is 18.0. The third kappa shape index (κ3) is 4.87. The number of nitrogens with zero attached hydrogens (tertiary/aromatic N) is 3. The summed E-state index contributed by atoms with van der Waals surface area (Å²) in [5.41, 5.74) is 4.65. The van der Waals surface area contributed by atoms with Crippen molar-refractivity contribution in [2.24, 2.45) is 0 Å². The molecule has 0 bridgehead atoms. The van der Waals surface area contributed by atoms with Crippen molar-refractivity contribution in [1.82, 2.24) is 20.0 Å². The predicted octanol–water partition coefficient (Wildman–Crippen LogP) is 3.32. The van der Waals surface area contributed by atoms with Crippen molar-refractivity contribution in [2.45, 2.75) is 25.9 Å². The number of amides is 1. The molecule has 1 fully saturated rings. The molecular formula is C24H28N4O3S. The summed E-state index contributed by atoms with van der Waals surface area (Å²) < 4.78 is 11.4. The Hall–Kier alpha value is -2.68. The molecule has 7 nitrogen and oxygen atoms in total. The molecule has 1 N–H and O–H groups in total. The van der Waals surface area contributed by atoms with Crippen molar-refractivity contribution in [3.63, 3.8) is 0 Å². The maximum atomic E-state index is 12.5. The van der Waals surface area contributed by atoms with E-state index >= 15 is 0 Å². The quantitative estimate of drug-likeness (QED) is 0.621. The number of fused-ring (bicyclic) bond motifs is 1. The first-order valence-electron chi connectivity index (χ1n) is 11.1. The Labute approximate surface area is 191 Å². The highest BCUT2D eigenvalue weighted by atomic mass is 32.1. The lowest BCUT2D eigenvalue weighted by Crippen LogP contribution is -2.40. The van der Waals surface area contributed by atoms with E-state index in [0.717, 1.165) is 37.5 Å². The number of thiophene rings is 1. The fourth-order valence-electron chi connectivity index (χ4n) is 4.32. The number of ether oxygens (including phenoxy) is 2. The highest BCUT2D eigenvalue weighted by Crippen LogP contribution is 2.29. The second kappa shape index (κ2) is 9.85. The molecule has 4 heterocycles. The summed E-state index contributed by atoms with van der Waals surface area (Å²) in [6, 6.07) is 10.5. The maximum Gasteiger partial charge on any atom is 0.223 e. The average molecular weight is 453 g/mol. The minimum atomic E-state index is 0.210. The number of carbonyl (C=O) groups is 1. The second-order valence-corrected chi connectivity index (χ2v) is 9.19. The molecule has 3 aromatic rings. The Bertz CT molecular complexity index is 1040. The number of aryl methyl sites for hydroxylation is 1. The van der Waals surface area contributed by atoms with Gasteiger partial charge in [0.05, 0.1) is 30.0 Å². The molecule has 8 heteroatoms. The predicted molar refractivity (Wildman–Crippen MR) is 124 cm³/mol. The van der Waals surface area contributed by atoms with Crippen LogP contribution >= 0.6 is 11.3 Å². The highest BCUT2D eigenvalue weighted by molar-refractivity contribution is 7.13. The Morgan fingerprint density at radius 2 is 2.06 bits per heavy atom. The first kappa shape index (κ1) is 21.2. The summed E-state index contributed by atoms with van der Waals surface area (Å²) in [6.07, 6.45) is 3.20. The van der Waals surface area contributed by atoms with Crippen molar-refractivity contribution in [2.75, 3.05) is 39.5 Å². The van der Waals surface area contributed by atoms with Crippen molar-refractivity contribution < 1.29 is 14.3 Å². The average Bonchev–Trinajstić information content (AvgIpc) is 3.47. The summed E-state index contributed by atoms with van der Waals surface area (Å²) in [5.74, 6) is 1.16. The minimum Gasteiger partial charge on any atom is -0.492 e. The lowest BCUT2D eigenvalue weighted by atomic mass is 10.0. The van der Waals surface area contributed by atoms with Crippen molar-refractivity contribution in [1.29, 1.82) is 0 Å². The largest absolute Gasteiger partial charge is 0.492 e. The van der Waals surface area contributed by atoms with E-state index in [1.165, 1.54) is 21.6 Å². The van der Waals surface area contributed by atoms with Gasteiger partial charge < -0.3 is 14.4 Å². The van der Waals surface area contributed by atoms with Gasteiger partial charge in [-0.15, -0.1) is 11.3 Å². The van der Waals surface area contributed by atoms with Crippen molar-refractivity contribution in [3.05, 3.63) is 58.6 Å². The van der Waals surface area contributed by atoms with E-state index in [9.17, 15) is 4.79 Å². The minimum absolute atomic E-state index is 0.210. The molecule has 0 radical (unpaired) electrons. The van der Waals surface area contributed by atoms with Gasteiger partial charge in [-0.3, -0.25) is 14.8 Å². The molecule has 1 aromatic carbocycles. The molecule has 1 saturated heterocycles. The van der Waals surface area contributed by atoms with Gasteiger partial charge in [0.2, 0.25) is 5.91 Å². The number of aromatic amines is 1. The van der Waals surface area contributed by atoms with Crippen LogP contribution in [-0.4, -0.2) is 65.4 Å². The molecule has 1 amide bonds. The molecule has 168 valence electrons. The highest BCUT2D eigenvalue weighted by Gasteiger charge is 2.20. The van der Waals surface area contributed by atoms with E-state index < -0.39 is 0 Å². The zero-order valence-corrected chi connectivity index (χ0v) is 18.9. The van der Waals surface area contributed by atoms with Gasteiger partial charge in [-0.1, -0.05) is 18.2 Å². The SMILES string of the molecule is O=C(CCc1ccc2c(c1)CN(Cc1cn[nH]c1-c1cccs1)CCO2)N1CCOCC1. The van der Waals surface area contributed by atoms with Gasteiger partial charge in [-0.25, -0.2) is 0 Å². The molecule has 32 heavy (non-hydrogen) atoms. The van der Waals surface area contributed by atoms with E-state index in [1.807, 2.05) is 11.1 Å². The molecule has 0 aliphatic carbocycles. The molecule has 0 atom stereocenters. The first-order chi connectivity index (χ1) is 15.8. The van der Waals surface area contributed by atoms with Crippen LogP contribution in [-0.2, 0) is 29.0 Å². The standard InChI is InChI=1S/C24H28N4O3S/c29-23(28-8-10-30-11-9-28)6-4-18-3-5-21-19(14-18)16-27(7-12-31-21)17-20-15-25-26-24(20)22-2-1-13-32-22/h1-3,5,13-15H,4,6-12,16-17H2,(H,25,26). The fraction of sp³-hybridized carbons (Fsp3) is 0.417. The smallest absolute Gasteiger partial charge is 0.223 e. The zero-order valence-electron chi connectivity index (χ0n) is 18.1. The number of benzene rings is 1. The number of hydrogen-bond acceptors (Lipinski definition) is 6. The van der Waals surface area contributed by atoms with Crippen LogP contribution in [0.5, 0.6) is 5.75 Å². The summed E-state index contributed by atoms with van der Waals surface area (Å²) >= 11 is 1.72. The van der Waals surface area contributed by atoms with Crippen LogP contribution in [0.15, 0.2) is 41.9 Å². The van der Waals surface area contributed by atoms with Crippen LogP contribution < -0.4 is 4.74 Å². The number of rotatable bonds is 6. The first-order valence-corrected chi connectivity index (χ1v) is 12.0. The number of aromatic nitrogens is 2. The number of nitrogens with one attached hydrogen (secondary N) is 1. The fourth-order valence-corrected chi connectivity index (χ4v) is 5.08. The summed E-state index contributed by atoms with van der Waals surface area (Å²) in [7, 11) is 0. The molecule has 0 saturated carbocycles. The Morgan fingerprint density at radius 1 is 1.16 bits per heavy atom. The van der Waals surface area contributed by atoms with E-state index in [1.54, 1.807) is 11.3 Å². The van der Waals surface area contributed by atoms with Gasteiger partial charge in [0.25, 0.3) is 0 Å². The maximum absolute atomic E-state index is 12.5. The Morgan fingerprint density at radius 3 is 2.91 bits per heavy atom. The van der Waals surface area contributed by atoms with Crippen LogP contribution in [0.2, 0.25) is 0 Å². The monoisotopic (exact) mass is 452 g/mol. The van der Waals surface area contributed by atoms with Gasteiger partial charge in [-0.2, -0.15) is 5.10 Å². The molecule has 2 aromatic heterocycles. The van der Waals surface area contributed by atoms with Crippen LogP contribution in [0.4, 0.5) is 0 Å². The normalized spacial score (nSPS) is 16.9. The lowest BCUT2D eigenvalue weighted by Gasteiger charge is -2.26. The molecule has 0 unspecified atom stereocenters. The van der Waals surface area contributed by atoms with Crippen molar-refractivity contribution >= 4 is 17.2 Å². The molecule has 0 spiro atoms. The molecular weight excluding hydrogens is 424 g/mol. The Balaban J connectivity index is 1.24. The van der Waals surface area contributed by atoms with Crippen molar-refractivity contribution in [3.8, 4) is 16.3 Å². The van der Waals surface area contributed by atoms with E-state index in [2.05, 4.69) is 50.8 Å². The van der Waals surface area contributed by atoms with Gasteiger partial charge in [0.15, 0.2) is 0 Å². The molecule has 2 aliphatic rings. The van der Waals surface area contributed by atoms with Gasteiger partial charge in [0, 0.05) is 50.3 Å². The summed E-state index contributed by atoms with van der Waals surface area (Å²) in [6.45, 7) is 5.83. The van der Waals surface area contributed by atoms with Crippen LogP contribution in [0.3, 0.4) is 0 Å². The van der Waals surface area contributed by atoms with Gasteiger partial charge >= 0.3 is 0 Å². The molecule has 2 aliphatic heterocycles. The Kier molecular flexibility index (Phi) is 6.52. The van der Waals surface area contributed by atoms with Gasteiger partial charge in [-0.05, 0) is 29.5 Å². The number of carbonyl (C=O) groups excluding carboxylic acids is 1. The molecule has 5 rings (SSSR count).